The molecule has 0 aliphatic carbocycles. The van der Waals surface area contributed by atoms with Gasteiger partial charge in [-0.25, -0.2) is 0 Å². The summed E-state index contributed by atoms with van der Waals surface area (Å²) in [6.45, 7) is 4.77. The highest BCUT2D eigenvalue weighted by atomic mass is 79.9. The monoisotopic (exact) mass is 490 g/mol. The van der Waals surface area contributed by atoms with Gasteiger partial charge in [-0.3, -0.25) is 4.79 Å². The lowest BCUT2D eigenvalue weighted by molar-refractivity contribution is 0.0997. The van der Waals surface area contributed by atoms with Crippen LogP contribution < -0.4 is 19.0 Å². The van der Waals surface area contributed by atoms with Gasteiger partial charge in [0.1, 0.15) is 0 Å². The number of carbonyl (C=O) groups excluding carboxylic acids is 1. The second kappa shape index (κ2) is 9.49. The second-order valence-corrected chi connectivity index (χ2v) is 8.47. The van der Waals surface area contributed by atoms with Gasteiger partial charge in [0.15, 0.2) is 16.3 Å². The van der Waals surface area contributed by atoms with Crippen molar-refractivity contribution in [1.29, 1.82) is 0 Å². The molecule has 0 atom stereocenters. The molecule has 8 heteroatoms. The fraction of sp³-hybridized carbons (Fsp3) is 0.273. The molecular formula is C22H23BrN2O4S. The molecule has 0 aliphatic heterocycles. The smallest absolute Gasteiger partial charge is 0.279 e. The highest BCUT2D eigenvalue weighted by Crippen LogP contribution is 2.38. The molecule has 0 saturated heterocycles. The van der Waals surface area contributed by atoms with Crippen LogP contribution in [0.5, 0.6) is 17.2 Å². The minimum Gasteiger partial charge on any atom is -0.493 e. The van der Waals surface area contributed by atoms with Crippen LogP contribution in [-0.4, -0.2) is 31.8 Å². The standard InChI is InChI=1S/C22H23BrN2O4S/c1-6-25-19(14-7-9-16(23)10-8-14)13(2)30-22(25)24-21(26)15-11-17(27-3)20(29-5)18(12-15)28-4/h7-12H,6H2,1-5H3. The Bertz CT molecular complexity index is 1110. The van der Waals surface area contributed by atoms with Gasteiger partial charge < -0.3 is 18.8 Å². The van der Waals surface area contributed by atoms with Crippen LogP contribution in [0.1, 0.15) is 22.2 Å². The van der Waals surface area contributed by atoms with Crippen molar-refractivity contribution in [3.05, 3.63) is 56.1 Å². The average Bonchev–Trinajstić information content (AvgIpc) is 3.07. The Morgan fingerprint density at radius 1 is 1.07 bits per heavy atom. The van der Waals surface area contributed by atoms with E-state index in [9.17, 15) is 4.79 Å². The van der Waals surface area contributed by atoms with E-state index in [-0.39, 0.29) is 5.91 Å². The second-order valence-electron chi connectivity index (χ2n) is 6.37. The lowest BCUT2D eigenvalue weighted by atomic mass is 10.1. The number of rotatable bonds is 6. The summed E-state index contributed by atoms with van der Waals surface area (Å²) in [5.41, 5.74) is 2.50. The number of nitrogens with zero attached hydrogens (tertiary/aromatic N) is 2. The molecule has 0 N–H and O–H groups in total. The van der Waals surface area contributed by atoms with E-state index in [2.05, 4.69) is 37.6 Å². The molecule has 2 aromatic carbocycles. The fourth-order valence-electron chi connectivity index (χ4n) is 3.23. The molecule has 3 aromatic rings. The number of benzene rings is 2. The Morgan fingerprint density at radius 3 is 2.17 bits per heavy atom. The minimum absolute atomic E-state index is 0.364. The Labute approximate surface area is 187 Å². The summed E-state index contributed by atoms with van der Waals surface area (Å²) in [7, 11) is 4.55. The normalized spacial score (nSPS) is 11.5. The van der Waals surface area contributed by atoms with E-state index in [1.54, 1.807) is 12.1 Å². The molecule has 0 fully saturated rings. The predicted octanol–water partition coefficient (Wildman–Crippen LogP) is 5.07. The number of halogens is 1. The van der Waals surface area contributed by atoms with Crippen LogP contribution in [0, 0.1) is 6.92 Å². The number of hydrogen-bond donors (Lipinski definition) is 0. The van der Waals surface area contributed by atoms with Gasteiger partial charge in [0.2, 0.25) is 5.75 Å². The summed E-state index contributed by atoms with van der Waals surface area (Å²) in [6.07, 6.45) is 0. The van der Waals surface area contributed by atoms with E-state index < -0.39 is 0 Å². The molecule has 1 aromatic heterocycles. The minimum atomic E-state index is -0.375. The fourth-order valence-corrected chi connectivity index (χ4v) is 4.55. The van der Waals surface area contributed by atoms with Crippen LogP contribution in [0.2, 0.25) is 0 Å². The van der Waals surface area contributed by atoms with Crippen molar-refractivity contribution >= 4 is 33.2 Å². The summed E-state index contributed by atoms with van der Waals surface area (Å²) in [5.74, 6) is 0.887. The molecule has 6 nitrogen and oxygen atoms in total. The van der Waals surface area contributed by atoms with Crippen molar-refractivity contribution in [2.45, 2.75) is 20.4 Å². The maximum atomic E-state index is 13.0. The number of ether oxygens (including phenoxy) is 3. The van der Waals surface area contributed by atoms with Crippen LogP contribution in [-0.2, 0) is 6.54 Å². The predicted molar refractivity (Wildman–Crippen MR) is 122 cm³/mol. The molecule has 158 valence electrons. The van der Waals surface area contributed by atoms with Gasteiger partial charge in [-0.05, 0) is 43.7 Å². The molecule has 1 heterocycles. The van der Waals surface area contributed by atoms with Crippen LogP contribution >= 0.6 is 27.3 Å². The van der Waals surface area contributed by atoms with Crippen molar-refractivity contribution in [2.75, 3.05) is 21.3 Å². The molecule has 0 aliphatic rings. The van der Waals surface area contributed by atoms with Crippen molar-refractivity contribution in [3.63, 3.8) is 0 Å². The number of aromatic nitrogens is 1. The zero-order valence-electron chi connectivity index (χ0n) is 17.5. The van der Waals surface area contributed by atoms with Gasteiger partial charge >= 0.3 is 0 Å². The van der Waals surface area contributed by atoms with Crippen molar-refractivity contribution in [2.24, 2.45) is 4.99 Å². The number of carbonyl (C=O) groups is 1. The average molecular weight is 491 g/mol. The first-order valence-electron chi connectivity index (χ1n) is 9.28. The molecule has 3 rings (SSSR count). The van der Waals surface area contributed by atoms with E-state index in [4.69, 9.17) is 14.2 Å². The number of amides is 1. The SMILES string of the molecule is CCn1c(-c2ccc(Br)cc2)c(C)sc1=NC(=O)c1cc(OC)c(OC)c(OC)c1. The number of thiazole rings is 1. The van der Waals surface area contributed by atoms with Crippen LogP contribution in [0.25, 0.3) is 11.3 Å². The Balaban J connectivity index is 2.11. The summed E-state index contributed by atoms with van der Waals surface area (Å²) >= 11 is 4.96. The third-order valence-corrected chi connectivity index (χ3v) is 6.14. The first kappa shape index (κ1) is 22.1. The Kier molecular flexibility index (Phi) is 6.99. The van der Waals surface area contributed by atoms with Crippen LogP contribution in [0.4, 0.5) is 0 Å². The van der Waals surface area contributed by atoms with Gasteiger partial charge in [-0.1, -0.05) is 28.1 Å². The quantitative estimate of drug-likeness (QED) is 0.483. The molecule has 0 radical (unpaired) electrons. The van der Waals surface area contributed by atoms with Gasteiger partial charge in [-0.2, -0.15) is 4.99 Å². The third-order valence-electron chi connectivity index (χ3n) is 4.62. The maximum absolute atomic E-state index is 13.0. The first-order chi connectivity index (χ1) is 14.4. The van der Waals surface area contributed by atoms with Gasteiger partial charge in [0.25, 0.3) is 5.91 Å². The lowest BCUT2D eigenvalue weighted by Crippen LogP contribution is -2.17. The molecule has 0 unspecified atom stereocenters. The molecule has 0 bridgehead atoms. The molecule has 1 amide bonds. The topological polar surface area (TPSA) is 62.1 Å². The maximum Gasteiger partial charge on any atom is 0.279 e. The number of hydrogen-bond acceptors (Lipinski definition) is 5. The summed E-state index contributed by atoms with van der Waals surface area (Å²) in [4.78, 5) is 19.1. The van der Waals surface area contributed by atoms with E-state index in [0.29, 0.717) is 34.2 Å². The molecule has 30 heavy (non-hydrogen) atoms. The van der Waals surface area contributed by atoms with Crippen molar-refractivity contribution < 1.29 is 19.0 Å². The number of aryl methyl sites for hydroxylation is 1. The van der Waals surface area contributed by atoms with Crippen LogP contribution in [0.15, 0.2) is 45.9 Å². The zero-order valence-corrected chi connectivity index (χ0v) is 19.9. The van der Waals surface area contributed by atoms with E-state index in [0.717, 1.165) is 20.6 Å². The molecule has 0 saturated carbocycles. The van der Waals surface area contributed by atoms with Gasteiger partial charge in [-0.15, -0.1) is 11.3 Å². The zero-order chi connectivity index (χ0) is 21.8. The van der Waals surface area contributed by atoms with Gasteiger partial charge in [0.05, 0.1) is 27.0 Å². The van der Waals surface area contributed by atoms with E-state index in [1.165, 1.54) is 32.7 Å². The Morgan fingerprint density at radius 2 is 1.67 bits per heavy atom. The molecule has 0 spiro atoms. The largest absolute Gasteiger partial charge is 0.493 e. The lowest BCUT2D eigenvalue weighted by Gasteiger charge is -2.12. The summed E-state index contributed by atoms with van der Waals surface area (Å²) < 4.78 is 19.1. The highest BCUT2D eigenvalue weighted by Gasteiger charge is 2.18. The van der Waals surface area contributed by atoms with Crippen LogP contribution in [0.3, 0.4) is 0 Å². The van der Waals surface area contributed by atoms with Crippen molar-refractivity contribution in [3.8, 4) is 28.5 Å². The highest BCUT2D eigenvalue weighted by molar-refractivity contribution is 9.10. The molecular weight excluding hydrogens is 468 g/mol. The van der Waals surface area contributed by atoms with E-state index >= 15 is 0 Å². The van der Waals surface area contributed by atoms with Crippen molar-refractivity contribution in [1.82, 2.24) is 4.57 Å². The number of methoxy groups -OCH3 is 3. The van der Waals surface area contributed by atoms with E-state index in [1.807, 2.05) is 26.0 Å². The summed E-state index contributed by atoms with van der Waals surface area (Å²) in [5, 5.41) is 0. The third kappa shape index (κ3) is 4.29. The van der Waals surface area contributed by atoms with Gasteiger partial charge in [0, 0.05) is 21.5 Å². The summed E-state index contributed by atoms with van der Waals surface area (Å²) in [6, 6.07) is 11.3. The Hall–Kier alpha value is -2.58. The first-order valence-corrected chi connectivity index (χ1v) is 10.9.